The Morgan fingerprint density at radius 3 is 1.68 bits per heavy atom. The van der Waals surface area contributed by atoms with Gasteiger partial charge >= 0.3 is 0 Å². The lowest BCUT2D eigenvalue weighted by Gasteiger charge is -2.21. The molecule has 1 amide bonds. The van der Waals surface area contributed by atoms with E-state index in [1.165, 1.54) is 76.7 Å². The Balaban J connectivity index is 4.00. The van der Waals surface area contributed by atoms with E-state index in [4.69, 9.17) is 0 Å². The van der Waals surface area contributed by atoms with Crippen LogP contribution in [-0.2, 0) is 14.9 Å². The van der Waals surface area contributed by atoms with Crippen molar-refractivity contribution in [3.63, 3.8) is 0 Å². The summed E-state index contributed by atoms with van der Waals surface area (Å²) in [5.74, 6) is -0.994. The van der Waals surface area contributed by atoms with Crippen LogP contribution in [0.5, 0.6) is 0 Å². The molecule has 0 saturated heterocycles. The summed E-state index contributed by atoms with van der Waals surface area (Å²) < 4.78 is 32.1. The van der Waals surface area contributed by atoms with Crippen molar-refractivity contribution < 1.29 is 22.9 Å². The highest BCUT2D eigenvalue weighted by molar-refractivity contribution is 7.85. The maximum Gasteiger partial charge on any atom is 0.267 e. The summed E-state index contributed by atoms with van der Waals surface area (Å²) in [6, 6.07) is -1.06. The molecule has 0 aromatic heterocycles. The third-order valence-electron chi connectivity index (χ3n) is 7.06. The largest absolute Gasteiger partial charge is 0.387 e. The molecular formula is C33H61NO5S. The van der Waals surface area contributed by atoms with Crippen molar-refractivity contribution in [2.45, 2.75) is 161 Å². The zero-order valence-electron chi connectivity index (χ0n) is 25.7. The fraction of sp³-hybridized carbons (Fsp3) is 0.788. The van der Waals surface area contributed by atoms with Crippen molar-refractivity contribution in [2.24, 2.45) is 0 Å². The molecule has 234 valence electrons. The summed E-state index contributed by atoms with van der Waals surface area (Å²) in [4.78, 5) is 12.4. The number of aliphatic hydroxyl groups excluding tert-OH is 1. The van der Waals surface area contributed by atoms with Gasteiger partial charge in [0, 0.05) is 6.42 Å². The Hall–Kier alpha value is -1.44. The predicted molar refractivity (Wildman–Crippen MR) is 170 cm³/mol. The van der Waals surface area contributed by atoms with Crippen LogP contribution < -0.4 is 5.32 Å². The molecule has 0 fully saturated rings. The van der Waals surface area contributed by atoms with Crippen molar-refractivity contribution in [3.05, 3.63) is 36.5 Å². The molecule has 0 aromatic rings. The molecular weight excluding hydrogens is 522 g/mol. The van der Waals surface area contributed by atoms with Crippen molar-refractivity contribution in [2.75, 3.05) is 5.75 Å². The molecule has 6 nitrogen and oxygen atoms in total. The molecule has 0 rings (SSSR count). The third kappa shape index (κ3) is 28.1. The Morgan fingerprint density at radius 2 is 1.12 bits per heavy atom. The van der Waals surface area contributed by atoms with Crippen LogP contribution in [0.15, 0.2) is 36.5 Å². The van der Waals surface area contributed by atoms with Gasteiger partial charge in [-0.1, -0.05) is 127 Å². The van der Waals surface area contributed by atoms with Gasteiger partial charge < -0.3 is 10.4 Å². The summed E-state index contributed by atoms with van der Waals surface area (Å²) in [6.45, 7) is 4.42. The molecule has 0 aliphatic carbocycles. The Morgan fingerprint density at radius 1 is 0.675 bits per heavy atom. The van der Waals surface area contributed by atoms with E-state index in [-0.39, 0.29) is 12.3 Å². The highest BCUT2D eigenvalue weighted by Crippen LogP contribution is 2.12. The summed E-state index contributed by atoms with van der Waals surface area (Å²) in [5.41, 5.74) is 0. The minimum Gasteiger partial charge on any atom is -0.387 e. The number of aliphatic hydroxyl groups is 1. The van der Waals surface area contributed by atoms with Gasteiger partial charge in [-0.2, -0.15) is 8.42 Å². The van der Waals surface area contributed by atoms with E-state index >= 15 is 0 Å². The first-order valence-corrected chi connectivity index (χ1v) is 17.8. The predicted octanol–water partition coefficient (Wildman–Crippen LogP) is 8.62. The van der Waals surface area contributed by atoms with E-state index in [1.807, 2.05) is 6.08 Å². The molecule has 0 bridgehead atoms. The maximum absolute atomic E-state index is 12.4. The number of carbonyl (C=O) groups is 1. The highest BCUT2D eigenvalue weighted by atomic mass is 32.2. The zero-order valence-corrected chi connectivity index (χ0v) is 26.5. The molecule has 0 saturated carbocycles. The van der Waals surface area contributed by atoms with Gasteiger partial charge in [0.05, 0.1) is 17.9 Å². The van der Waals surface area contributed by atoms with E-state index < -0.39 is 28.0 Å². The SMILES string of the molecule is CCCCC/C=C\C/C=C\CCCCCCCCCC(=O)NC(CS(=O)(=O)O)C(O)/C=C/CCCCCCCC. The van der Waals surface area contributed by atoms with E-state index in [2.05, 4.69) is 43.5 Å². The molecule has 0 aromatic carbocycles. The number of amides is 1. The summed E-state index contributed by atoms with van der Waals surface area (Å²) >= 11 is 0. The molecule has 40 heavy (non-hydrogen) atoms. The van der Waals surface area contributed by atoms with E-state index in [9.17, 15) is 22.9 Å². The van der Waals surface area contributed by atoms with Gasteiger partial charge in [-0.05, 0) is 51.4 Å². The van der Waals surface area contributed by atoms with Crippen LogP contribution in [0.3, 0.4) is 0 Å². The molecule has 0 aliphatic heterocycles. The standard InChI is InChI=1S/C33H61NO5S/c1-3-5-7-9-11-13-14-15-16-17-18-19-20-21-23-25-27-29-33(36)34-31(30-40(37,38)39)32(35)28-26-24-22-12-10-8-6-4-2/h11,13,15-16,26,28,31-32,35H,3-10,12,14,17-25,27,29-30H2,1-2H3,(H,34,36)(H,37,38,39)/b13-11-,16-15-,28-26+. The van der Waals surface area contributed by atoms with Crippen LogP contribution in [0.4, 0.5) is 0 Å². The zero-order chi connectivity index (χ0) is 29.7. The van der Waals surface area contributed by atoms with E-state index in [1.54, 1.807) is 0 Å². The molecule has 0 aliphatic rings. The minimum absolute atomic E-state index is 0.286. The number of carbonyl (C=O) groups excluding carboxylic acids is 1. The topological polar surface area (TPSA) is 104 Å². The lowest BCUT2D eigenvalue weighted by molar-refractivity contribution is -0.122. The normalized spacial score (nSPS) is 14.0. The molecule has 0 radical (unpaired) electrons. The fourth-order valence-electron chi connectivity index (χ4n) is 4.59. The van der Waals surface area contributed by atoms with Gasteiger partial charge in [0.15, 0.2) is 0 Å². The molecule has 0 spiro atoms. The Labute approximate surface area is 246 Å². The van der Waals surface area contributed by atoms with Gasteiger partial charge in [0.25, 0.3) is 10.1 Å². The lowest BCUT2D eigenvalue weighted by Crippen LogP contribution is -2.46. The number of rotatable bonds is 28. The molecule has 2 atom stereocenters. The first kappa shape index (κ1) is 38.6. The Kier molecular flexibility index (Phi) is 26.7. The van der Waals surface area contributed by atoms with Crippen LogP contribution in [0.25, 0.3) is 0 Å². The van der Waals surface area contributed by atoms with Crippen LogP contribution in [0.1, 0.15) is 149 Å². The number of allylic oxidation sites excluding steroid dienone is 5. The van der Waals surface area contributed by atoms with Gasteiger partial charge in [0.2, 0.25) is 5.91 Å². The van der Waals surface area contributed by atoms with Crippen LogP contribution in [0.2, 0.25) is 0 Å². The fourth-order valence-corrected chi connectivity index (χ4v) is 5.33. The summed E-state index contributed by atoms with van der Waals surface area (Å²) in [6.07, 6.45) is 34.2. The van der Waals surface area contributed by atoms with Gasteiger partial charge in [-0.15, -0.1) is 0 Å². The second-order valence-corrected chi connectivity index (χ2v) is 12.6. The van der Waals surface area contributed by atoms with Crippen LogP contribution in [0, 0.1) is 0 Å². The monoisotopic (exact) mass is 583 g/mol. The smallest absolute Gasteiger partial charge is 0.267 e. The molecule has 7 heteroatoms. The second kappa shape index (κ2) is 27.7. The third-order valence-corrected chi connectivity index (χ3v) is 7.84. The molecule has 0 heterocycles. The van der Waals surface area contributed by atoms with Gasteiger partial charge in [0.1, 0.15) is 0 Å². The minimum atomic E-state index is -4.33. The second-order valence-electron chi connectivity index (χ2n) is 11.1. The van der Waals surface area contributed by atoms with Crippen LogP contribution in [-0.4, -0.2) is 41.9 Å². The van der Waals surface area contributed by atoms with E-state index in [0.717, 1.165) is 57.8 Å². The Bertz CT molecular complexity index is 776. The molecule has 3 N–H and O–H groups in total. The maximum atomic E-state index is 12.4. The number of unbranched alkanes of at least 4 members (excludes halogenated alkanes) is 16. The first-order valence-electron chi connectivity index (χ1n) is 16.2. The van der Waals surface area contributed by atoms with Gasteiger partial charge in [-0.25, -0.2) is 0 Å². The quantitative estimate of drug-likeness (QED) is 0.0486. The van der Waals surface area contributed by atoms with Crippen molar-refractivity contribution in [1.29, 1.82) is 0 Å². The van der Waals surface area contributed by atoms with E-state index in [0.29, 0.717) is 0 Å². The average molecular weight is 584 g/mol. The first-order chi connectivity index (χ1) is 19.3. The summed E-state index contributed by atoms with van der Waals surface area (Å²) in [7, 11) is -4.33. The number of hydrogen-bond acceptors (Lipinski definition) is 4. The highest BCUT2D eigenvalue weighted by Gasteiger charge is 2.24. The summed E-state index contributed by atoms with van der Waals surface area (Å²) in [5, 5.41) is 13.0. The van der Waals surface area contributed by atoms with Crippen LogP contribution >= 0.6 is 0 Å². The van der Waals surface area contributed by atoms with Crippen molar-refractivity contribution >= 4 is 16.0 Å². The van der Waals surface area contributed by atoms with Gasteiger partial charge in [-0.3, -0.25) is 9.35 Å². The molecule has 2 unspecified atom stereocenters. The van der Waals surface area contributed by atoms with Crippen molar-refractivity contribution in [1.82, 2.24) is 5.32 Å². The average Bonchev–Trinajstić information content (AvgIpc) is 2.90. The number of hydrogen-bond donors (Lipinski definition) is 3. The lowest BCUT2D eigenvalue weighted by atomic mass is 10.1. The number of nitrogens with one attached hydrogen (secondary N) is 1. The van der Waals surface area contributed by atoms with Crippen molar-refractivity contribution in [3.8, 4) is 0 Å².